The lowest BCUT2D eigenvalue weighted by atomic mass is 10.2. The van der Waals surface area contributed by atoms with Gasteiger partial charge >= 0.3 is 0 Å². The standard InChI is InChI=1S/C12H13FN2OS/c13-9-4-1-5-10-11(9)15-12(17-10)14-7-8-3-2-6-16-8/h1,4-5,8H,2-3,6-7H2,(H,14,15)/t8-/m0/s1. The van der Waals surface area contributed by atoms with Crippen molar-refractivity contribution in [3.8, 4) is 0 Å². The van der Waals surface area contributed by atoms with E-state index in [0.717, 1.165) is 35.8 Å². The van der Waals surface area contributed by atoms with Crippen LogP contribution < -0.4 is 5.32 Å². The second kappa shape index (κ2) is 4.58. The lowest BCUT2D eigenvalue weighted by Gasteiger charge is -2.08. The van der Waals surface area contributed by atoms with Gasteiger partial charge in [0.15, 0.2) is 5.13 Å². The predicted molar refractivity (Wildman–Crippen MR) is 67.0 cm³/mol. The van der Waals surface area contributed by atoms with Crippen LogP contribution in [0.2, 0.25) is 0 Å². The molecule has 1 atom stereocenters. The molecule has 0 amide bonds. The van der Waals surface area contributed by atoms with Gasteiger partial charge in [-0.05, 0) is 25.0 Å². The zero-order chi connectivity index (χ0) is 11.7. The van der Waals surface area contributed by atoms with E-state index in [2.05, 4.69) is 10.3 Å². The van der Waals surface area contributed by atoms with E-state index in [1.54, 1.807) is 6.07 Å². The number of ether oxygens (including phenoxy) is 1. The molecule has 1 aliphatic rings. The average molecular weight is 252 g/mol. The Morgan fingerprint density at radius 1 is 1.53 bits per heavy atom. The number of para-hydroxylation sites is 1. The van der Waals surface area contributed by atoms with Crippen LogP contribution in [0.15, 0.2) is 18.2 Å². The largest absolute Gasteiger partial charge is 0.376 e. The Morgan fingerprint density at radius 3 is 3.24 bits per heavy atom. The maximum absolute atomic E-state index is 13.4. The summed E-state index contributed by atoms with van der Waals surface area (Å²) < 4.78 is 19.8. The second-order valence-corrected chi connectivity index (χ2v) is 5.15. The number of nitrogens with zero attached hydrogens (tertiary/aromatic N) is 1. The number of fused-ring (bicyclic) bond motifs is 1. The summed E-state index contributed by atoms with van der Waals surface area (Å²) in [5, 5.41) is 3.98. The summed E-state index contributed by atoms with van der Waals surface area (Å²) in [5.74, 6) is -0.260. The fourth-order valence-electron chi connectivity index (χ4n) is 2.00. The molecule has 0 aliphatic carbocycles. The fourth-order valence-corrected chi connectivity index (χ4v) is 2.88. The maximum Gasteiger partial charge on any atom is 0.183 e. The van der Waals surface area contributed by atoms with E-state index < -0.39 is 0 Å². The van der Waals surface area contributed by atoms with E-state index in [1.165, 1.54) is 17.4 Å². The van der Waals surface area contributed by atoms with E-state index >= 15 is 0 Å². The molecule has 2 heterocycles. The highest BCUT2D eigenvalue weighted by Gasteiger charge is 2.16. The van der Waals surface area contributed by atoms with Crippen molar-refractivity contribution in [1.29, 1.82) is 0 Å². The van der Waals surface area contributed by atoms with E-state index in [0.29, 0.717) is 5.52 Å². The Hall–Kier alpha value is -1.20. The third kappa shape index (κ3) is 2.25. The molecule has 1 saturated heterocycles. The SMILES string of the molecule is Fc1cccc2sc(NC[C@@H]3CCCO3)nc12. The molecule has 0 spiro atoms. The molecule has 1 aromatic carbocycles. The summed E-state index contributed by atoms with van der Waals surface area (Å²) >= 11 is 1.48. The highest BCUT2D eigenvalue weighted by atomic mass is 32.1. The number of halogens is 1. The first-order valence-electron chi connectivity index (χ1n) is 5.73. The van der Waals surface area contributed by atoms with Gasteiger partial charge in [0.05, 0.1) is 10.8 Å². The molecule has 90 valence electrons. The van der Waals surface area contributed by atoms with Gasteiger partial charge in [-0.1, -0.05) is 17.4 Å². The Kier molecular flexibility index (Phi) is 2.94. The zero-order valence-electron chi connectivity index (χ0n) is 9.28. The molecule has 0 saturated carbocycles. The summed E-state index contributed by atoms with van der Waals surface area (Å²) in [7, 11) is 0. The third-order valence-electron chi connectivity index (χ3n) is 2.87. The first-order chi connectivity index (χ1) is 8.33. The van der Waals surface area contributed by atoms with Crippen molar-refractivity contribution < 1.29 is 9.13 Å². The van der Waals surface area contributed by atoms with Crippen LogP contribution in [0, 0.1) is 5.82 Å². The van der Waals surface area contributed by atoms with Gasteiger partial charge in [-0.2, -0.15) is 0 Å². The van der Waals surface area contributed by atoms with Crippen molar-refractivity contribution in [3.63, 3.8) is 0 Å². The van der Waals surface area contributed by atoms with Crippen LogP contribution in [0.5, 0.6) is 0 Å². The minimum atomic E-state index is -0.260. The number of rotatable bonds is 3. The normalized spacial score (nSPS) is 19.9. The summed E-state index contributed by atoms with van der Waals surface area (Å²) in [6.45, 7) is 1.60. The van der Waals surface area contributed by atoms with Gasteiger partial charge in [0.2, 0.25) is 0 Å². The van der Waals surface area contributed by atoms with Gasteiger partial charge < -0.3 is 10.1 Å². The summed E-state index contributed by atoms with van der Waals surface area (Å²) in [5.41, 5.74) is 0.451. The fraction of sp³-hybridized carbons (Fsp3) is 0.417. The van der Waals surface area contributed by atoms with Crippen LogP contribution in [-0.4, -0.2) is 24.2 Å². The molecule has 17 heavy (non-hydrogen) atoms. The molecular weight excluding hydrogens is 239 g/mol. The smallest absolute Gasteiger partial charge is 0.183 e. The molecule has 1 fully saturated rings. The maximum atomic E-state index is 13.4. The molecule has 1 aromatic heterocycles. The molecule has 5 heteroatoms. The van der Waals surface area contributed by atoms with Gasteiger partial charge in [0.1, 0.15) is 11.3 Å². The molecule has 0 bridgehead atoms. The number of nitrogens with one attached hydrogen (secondary N) is 1. The van der Waals surface area contributed by atoms with Crippen molar-refractivity contribution in [1.82, 2.24) is 4.98 Å². The monoisotopic (exact) mass is 252 g/mol. The average Bonchev–Trinajstić information content (AvgIpc) is 2.95. The van der Waals surface area contributed by atoms with Crippen molar-refractivity contribution in [2.75, 3.05) is 18.5 Å². The van der Waals surface area contributed by atoms with Gasteiger partial charge in [-0.25, -0.2) is 9.37 Å². The highest BCUT2D eigenvalue weighted by molar-refractivity contribution is 7.22. The number of aromatic nitrogens is 1. The summed E-state index contributed by atoms with van der Waals surface area (Å²) in [6, 6.07) is 5.03. The summed E-state index contributed by atoms with van der Waals surface area (Å²) in [4.78, 5) is 4.25. The zero-order valence-corrected chi connectivity index (χ0v) is 10.1. The van der Waals surface area contributed by atoms with Crippen LogP contribution in [-0.2, 0) is 4.74 Å². The molecule has 0 unspecified atom stereocenters. The Morgan fingerprint density at radius 2 is 2.47 bits per heavy atom. The van der Waals surface area contributed by atoms with Crippen molar-refractivity contribution in [2.45, 2.75) is 18.9 Å². The molecular formula is C12H13FN2OS. The van der Waals surface area contributed by atoms with Gasteiger partial charge in [0, 0.05) is 13.2 Å². The number of thiazole rings is 1. The van der Waals surface area contributed by atoms with E-state index in [1.807, 2.05) is 6.07 Å². The van der Waals surface area contributed by atoms with E-state index in [-0.39, 0.29) is 11.9 Å². The predicted octanol–water partition coefficient (Wildman–Crippen LogP) is 3.03. The van der Waals surface area contributed by atoms with E-state index in [4.69, 9.17) is 4.74 Å². The topological polar surface area (TPSA) is 34.1 Å². The Balaban J connectivity index is 1.74. The number of hydrogen-bond acceptors (Lipinski definition) is 4. The first kappa shape index (κ1) is 10.9. The number of anilines is 1. The third-order valence-corrected chi connectivity index (χ3v) is 3.85. The quantitative estimate of drug-likeness (QED) is 0.911. The van der Waals surface area contributed by atoms with Gasteiger partial charge in [0.25, 0.3) is 0 Å². The molecule has 1 aliphatic heterocycles. The molecule has 1 N–H and O–H groups in total. The number of hydrogen-bond donors (Lipinski definition) is 1. The van der Waals surface area contributed by atoms with Crippen LogP contribution in [0.4, 0.5) is 9.52 Å². The molecule has 0 radical (unpaired) electrons. The number of benzene rings is 1. The van der Waals surface area contributed by atoms with Crippen LogP contribution in [0.3, 0.4) is 0 Å². The Bertz CT molecular complexity index is 522. The van der Waals surface area contributed by atoms with Crippen molar-refractivity contribution in [3.05, 3.63) is 24.0 Å². The first-order valence-corrected chi connectivity index (χ1v) is 6.55. The minimum Gasteiger partial charge on any atom is -0.376 e. The van der Waals surface area contributed by atoms with Crippen LogP contribution >= 0.6 is 11.3 Å². The van der Waals surface area contributed by atoms with Crippen molar-refractivity contribution >= 4 is 26.7 Å². The van der Waals surface area contributed by atoms with Crippen molar-refractivity contribution in [2.24, 2.45) is 0 Å². The molecule has 2 aromatic rings. The van der Waals surface area contributed by atoms with Crippen LogP contribution in [0.1, 0.15) is 12.8 Å². The molecule has 3 rings (SSSR count). The van der Waals surface area contributed by atoms with Gasteiger partial charge in [-0.15, -0.1) is 0 Å². The lowest BCUT2D eigenvalue weighted by Crippen LogP contribution is -2.18. The highest BCUT2D eigenvalue weighted by Crippen LogP contribution is 2.27. The molecule has 3 nitrogen and oxygen atoms in total. The lowest BCUT2D eigenvalue weighted by molar-refractivity contribution is 0.120. The van der Waals surface area contributed by atoms with Gasteiger partial charge in [-0.3, -0.25) is 0 Å². The Labute approximate surface area is 103 Å². The summed E-state index contributed by atoms with van der Waals surface area (Å²) in [6.07, 6.45) is 2.49. The minimum absolute atomic E-state index is 0.260. The second-order valence-electron chi connectivity index (χ2n) is 4.12. The van der Waals surface area contributed by atoms with E-state index in [9.17, 15) is 4.39 Å². The van der Waals surface area contributed by atoms with Crippen LogP contribution in [0.25, 0.3) is 10.2 Å².